The standard InChI is InChI=1S/C16H24ClN/c1-11-7-6-8-12(2)16(11)18-13(3)14-9-4-5-10-15(14)17/h4-5,9-13,16,18H,6-8H2,1-3H3. The van der Waals surface area contributed by atoms with Crippen LogP contribution >= 0.6 is 11.6 Å². The van der Waals surface area contributed by atoms with Gasteiger partial charge in [-0.1, -0.05) is 50.1 Å². The third-order valence-corrected chi connectivity index (χ3v) is 4.70. The Morgan fingerprint density at radius 3 is 2.39 bits per heavy atom. The van der Waals surface area contributed by atoms with E-state index in [1.807, 2.05) is 12.1 Å². The van der Waals surface area contributed by atoms with Gasteiger partial charge in [0.05, 0.1) is 0 Å². The smallest absolute Gasteiger partial charge is 0.0453 e. The fourth-order valence-electron chi connectivity index (χ4n) is 3.22. The van der Waals surface area contributed by atoms with Gasteiger partial charge >= 0.3 is 0 Å². The van der Waals surface area contributed by atoms with Crippen molar-refractivity contribution in [3.8, 4) is 0 Å². The number of hydrogen-bond donors (Lipinski definition) is 1. The van der Waals surface area contributed by atoms with Gasteiger partial charge in [0.15, 0.2) is 0 Å². The molecule has 1 aliphatic rings. The van der Waals surface area contributed by atoms with Crippen molar-refractivity contribution in [3.05, 3.63) is 34.9 Å². The fraction of sp³-hybridized carbons (Fsp3) is 0.625. The molecule has 1 aromatic carbocycles. The Labute approximate surface area is 116 Å². The summed E-state index contributed by atoms with van der Waals surface area (Å²) in [7, 11) is 0. The van der Waals surface area contributed by atoms with Crippen molar-refractivity contribution in [2.45, 2.75) is 52.1 Å². The van der Waals surface area contributed by atoms with Gasteiger partial charge in [-0.2, -0.15) is 0 Å². The molecule has 0 spiro atoms. The van der Waals surface area contributed by atoms with E-state index in [1.165, 1.54) is 24.8 Å². The molecule has 0 radical (unpaired) electrons. The van der Waals surface area contributed by atoms with Crippen molar-refractivity contribution in [2.75, 3.05) is 0 Å². The Bertz CT molecular complexity index is 380. The molecular weight excluding hydrogens is 242 g/mol. The topological polar surface area (TPSA) is 12.0 Å². The van der Waals surface area contributed by atoms with Gasteiger partial charge in [-0.3, -0.25) is 0 Å². The minimum absolute atomic E-state index is 0.326. The summed E-state index contributed by atoms with van der Waals surface area (Å²) in [5.74, 6) is 1.53. The van der Waals surface area contributed by atoms with Crippen LogP contribution in [0.2, 0.25) is 5.02 Å². The van der Waals surface area contributed by atoms with Crippen molar-refractivity contribution >= 4 is 11.6 Å². The van der Waals surface area contributed by atoms with Crippen LogP contribution in [0.1, 0.15) is 51.6 Å². The lowest BCUT2D eigenvalue weighted by molar-refractivity contribution is 0.196. The predicted molar refractivity (Wildman–Crippen MR) is 79.0 cm³/mol. The molecule has 2 heteroatoms. The van der Waals surface area contributed by atoms with Gasteiger partial charge in [0.2, 0.25) is 0 Å². The highest BCUT2D eigenvalue weighted by atomic mass is 35.5. The first-order chi connectivity index (χ1) is 8.59. The second kappa shape index (κ2) is 6.08. The number of halogens is 1. The van der Waals surface area contributed by atoms with Crippen molar-refractivity contribution < 1.29 is 0 Å². The van der Waals surface area contributed by atoms with E-state index < -0.39 is 0 Å². The van der Waals surface area contributed by atoms with Crippen LogP contribution in [0.25, 0.3) is 0 Å². The first-order valence-electron chi connectivity index (χ1n) is 7.10. The molecule has 1 aliphatic carbocycles. The van der Waals surface area contributed by atoms with Crippen molar-refractivity contribution in [2.24, 2.45) is 11.8 Å². The first kappa shape index (κ1) is 13.9. The zero-order valence-corrected chi connectivity index (χ0v) is 12.4. The average molecular weight is 266 g/mol. The van der Waals surface area contributed by atoms with Gasteiger partial charge < -0.3 is 5.32 Å². The van der Waals surface area contributed by atoms with E-state index in [9.17, 15) is 0 Å². The van der Waals surface area contributed by atoms with Gasteiger partial charge in [0.1, 0.15) is 0 Å². The molecule has 3 unspecified atom stereocenters. The van der Waals surface area contributed by atoms with Gasteiger partial charge in [-0.15, -0.1) is 0 Å². The number of hydrogen-bond acceptors (Lipinski definition) is 1. The van der Waals surface area contributed by atoms with Crippen LogP contribution in [0.4, 0.5) is 0 Å². The van der Waals surface area contributed by atoms with Crippen LogP contribution in [-0.4, -0.2) is 6.04 Å². The van der Waals surface area contributed by atoms with Crippen LogP contribution in [0.5, 0.6) is 0 Å². The number of benzene rings is 1. The molecule has 0 aliphatic heterocycles. The maximum absolute atomic E-state index is 6.27. The molecule has 2 rings (SSSR count). The molecule has 1 nitrogen and oxygen atoms in total. The Kier molecular flexibility index (Phi) is 4.69. The monoisotopic (exact) mass is 265 g/mol. The third-order valence-electron chi connectivity index (χ3n) is 4.36. The highest BCUT2D eigenvalue weighted by Crippen LogP contribution is 2.31. The molecule has 0 saturated heterocycles. The van der Waals surface area contributed by atoms with Gasteiger partial charge in [-0.05, 0) is 43.2 Å². The van der Waals surface area contributed by atoms with E-state index in [4.69, 9.17) is 11.6 Å². The molecule has 0 amide bonds. The molecule has 0 bridgehead atoms. The van der Waals surface area contributed by atoms with Crippen LogP contribution in [0.15, 0.2) is 24.3 Å². The molecule has 100 valence electrons. The molecule has 3 atom stereocenters. The van der Waals surface area contributed by atoms with Crippen LogP contribution < -0.4 is 5.32 Å². The number of nitrogens with one attached hydrogen (secondary N) is 1. The molecular formula is C16H24ClN. The lowest BCUT2D eigenvalue weighted by Crippen LogP contribution is -2.43. The molecule has 0 aromatic heterocycles. The molecule has 1 fully saturated rings. The summed E-state index contributed by atoms with van der Waals surface area (Å²) in [5.41, 5.74) is 1.21. The SMILES string of the molecule is CC(NC1C(C)CCCC1C)c1ccccc1Cl. The van der Waals surface area contributed by atoms with Crippen molar-refractivity contribution in [3.63, 3.8) is 0 Å². The first-order valence-corrected chi connectivity index (χ1v) is 7.48. The third kappa shape index (κ3) is 3.07. The van der Waals surface area contributed by atoms with Crippen LogP contribution in [0.3, 0.4) is 0 Å². The zero-order chi connectivity index (χ0) is 13.1. The van der Waals surface area contributed by atoms with Gasteiger partial charge in [-0.25, -0.2) is 0 Å². The lowest BCUT2D eigenvalue weighted by atomic mass is 9.78. The Morgan fingerprint density at radius 2 is 1.78 bits per heavy atom. The molecule has 0 heterocycles. The minimum Gasteiger partial charge on any atom is -0.307 e. The minimum atomic E-state index is 0.326. The highest BCUT2D eigenvalue weighted by Gasteiger charge is 2.28. The van der Waals surface area contributed by atoms with Gasteiger partial charge in [0, 0.05) is 17.1 Å². The van der Waals surface area contributed by atoms with Crippen molar-refractivity contribution in [1.29, 1.82) is 0 Å². The summed E-state index contributed by atoms with van der Waals surface area (Å²) in [6.45, 7) is 6.95. The predicted octanol–water partition coefficient (Wildman–Crippen LogP) is 4.82. The van der Waals surface area contributed by atoms with Gasteiger partial charge in [0.25, 0.3) is 0 Å². The lowest BCUT2D eigenvalue weighted by Gasteiger charge is -2.37. The fourth-order valence-corrected chi connectivity index (χ4v) is 3.51. The molecule has 1 N–H and O–H groups in total. The molecule has 18 heavy (non-hydrogen) atoms. The summed E-state index contributed by atoms with van der Waals surface area (Å²) >= 11 is 6.27. The van der Waals surface area contributed by atoms with E-state index in [0.717, 1.165) is 16.9 Å². The van der Waals surface area contributed by atoms with Crippen LogP contribution in [-0.2, 0) is 0 Å². The maximum atomic E-state index is 6.27. The summed E-state index contributed by atoms with van der Waals surface area (Å²) in [4.78, 5) is 0. The summed E-state index contributed by atoms with van der Waals surface area (Å²) in [6.07, 6.45) is 4.06. The second-order valence-electron chi connectivity index (χ2n) is 5.82. The van der Waals surface area contributed by atoms with E-state index in [0.29, 0.717) is 12.1 Å². The summed E-state index contributed by atoms with van der Waals surface area (Å²) < 4.78 is 0. The zero-order valence-electron chi connectivity index (χ0n) is 11.6. The van der Waals surface area contributed by atoms with Crippen LogP contribution in [0, 0.1) is 11.8 Å². The summed E-state index contributed by atoms with van der Waals surface area (Å²) in [6, 6.07) is 9.09. The van der Waals surface area contributed by atoms with E-state index in [-0.39, 0.29) is 0 Å². The Hall–Kier alpha value is -0.530. The summed E-state index contributed by atoms with van der Waals surface area (Å²) in [5, 5.41) is 4.66. The Morgan fingerprint density at radius 1 is 1.17 bits per heavy atom. The molecule has 1 aromatic rings. The Balaban J connectivity index is 2.06. The number of rotatable bonds is 3. The van der Waals surface area contributed by atoms with E-state index in [1.54, 1.807) is 0 Å². The van der Waals surface area contributed by atoms with E-state index >= 15 is 0 Å². The maximum Gasteiger partial charge on any atom is 0.0453 e. The molecule has 1 saturated carbocycles. The largest absolute Gasteiger partial charge is 0.307 e. The second-order valence-corrected chi connectivity index (χ2v) is 6.23. The highest BCUT2D eigenvalue weighted by molar-refractivity contribution is 6.31. The quantitative estimate of drug-likeness (QED) is 0.827. The average Bonchev–Trinajstić information content (AvgIpc) is 2.34. The normalized spacial score (nSPS) is 30.1. The van der Waals surface area contributed by atoms with E-state index in [2.05, 4.69) is 38.2 Å². The van der Waals surface area contributed by atoms with Crippen molar-refractivity contribution in [1.82, 2.24) is 5.32 Å².